The summed E-state index contributed by atoms with van der Waals surface area (Å²) in [6.07, 6.45) is 6.30. The minimum Gasteiger partial charge on any atom is -0.481 e. The van der Waals surface area contributed by atoms with E-state index in [4.69, 9.17) is 0 Å². The van der Waals surface area contributed by atoms with E-state index in [0.717, 1.165) is 11.9 Å². The zero-order chi connectivity index (χ0) is 15.3. The summed E-state index contributed by atoms with van der Waals surface area (Å²) in [6, 6.07) is 3.39. The molecule has 4 rings (SSSR count). The summed E-state index contributed by atoms with van der Waals surface area (Å²) in [6.45, 7) is 0. The number of carbonyl (C=O) groups excluding carboxylic acids is 1. The number of fused-ring (bicyclic) bond motifs is 2. The first-order valence-corrected chi connectivity index (χ1v) is 7.37. The number of carboxylic acid groups (broad SMARTS) is 1. The molecule has 6 heteroatoms. The van der Waals surface area contributed by atoms with Gasteiger partial charge in [0.25, 0.3) is 5.91 Å². The molecule has 4 atom stereocenters. The number of carboxylic acids is 1. The van der Waals surface area contributed by atoms with Gasteiger partial charge in [-0.05, 0) is 36.8 Å². The highest BCUT2D eigenvalue weighted by Gasteiger charge is 2.57. The Morgan fingerprint density at radius 3 is 2.82 bits per heavy atom. The van der Waals surface area contributed by atoms with Crippen LogP contribution in [0.2, 0.25) is 0 Å². The number of amides is 1. The van der Waals surface area contributed by atoms with Crippen molar-refractivity contribution in [1.29, 1.82) is 0 Å². The maximum Gasteiger partial charge on any atom is 0.306 e. The van der Waals surface area contributed by atoms with Crippen LogP contribution in [-0.4, -0.2) is 33.0 Å². The molecule has 2 heterocycles. The normalized spacial score (nSPS) is 29.1. The van der Waals surface area contributed by atoms with Gasteiger partial charge in [-0.3, -0.25) is 19.6 Å². The van der Waals surface area contributed by atoms with Gasteiger partial charge in [0.1, 0.15) is 0 Å². The Hall–Kier alpha value is -2.50. The number of hydrogen-bond donors (Lipinski definition) is 2. The molecule has 6 nitrogen and oxygen atoms in total. The molecule has 2 saturated carbocycles. The van der Waals surface area contributed by atoms with Gasteiger partial charge in [0.2, 0.25) is 0 Å². The van der Waals surface area contributed by atoms with Crippen molar-refractivity contribution in [3.63, 3.8) is 0 Å². The smallest absolute Gasteiger partial charge is 0.306 e. The van der Waals surface area contributed by atoms with Crippen LogP contribution in [0.4, 0.5) is 0 Å². The molecule has 0 bridgehead atoms. The molecule has 2 fully saturated rings. The monoisotopic (exact) mass is 297 g/mol. The lowest BCUT2D eigenvalue weighted by Crippen LogP contribution is -2.36. The average Bonchev–Trinajstić information content (AvgIpc) is 3.23. The fourth-order valence-electron chi connectivity index (χ4n) is 3.67. The number of pyridine rings is 2. The number of nitrogens with one attached hydrogen (secondary N) is 1. The fourth-order valence-corrected chi connectivity index (χ4v) is 3.67. The number of aromatic nitrogens is 2. The fraction of sp³-hybridized carbons (Fsp3) is 0.375. The van der Waals surface area contributed by atoms with Crippen LogP contribution in [0.1, 0.15) is 23.2 Å². The van der Waals surface area contributed by atoms with Crippen molar-refractivity contribution >= 4 is 22.8 Å². The van der Waals surface area contributed by atoms with Crippen molar-refractivity contribution in [2.75, 3.05) is 0 Å². The minimum atomic E-state index is -0.747. The van der Waals surface area contributed by atoms with E-state index in [1.54, 1.807) is 30.7 Å². The van der Waals surface area contributed by atoms with E-state index in [0.29, 0.717) is 23.3 Å². The van der Waals surface area contributed by atoms with E-state index in [1.165, 1.54) is 0 Å². The predicted octanol–water partition coefficient (Wildman–Crippen LogP) is 1.47. The molecule has 2 N–H and O–H groups in total. The molecular formula is C16H15N3O3. The summed E-state index contributed by atoms with van der Waals surface area (Å²) in [7, 11) is 0. The number of rotatable bonds is 3. The molecule has 0 aliphatic heterocycles. The average molecular weight is 297 g/mol. The molecule has 0 radical (unpaired) electrons. The van der Waals surface area contributed by atoms with Crippen molar-refractivity contribution in [2.24, 2.45) is 17.8 Å². The third-order valence-corrected chi connectivity index (χ3v) is 4.85. The Morgan fingerprint density at radius 1 is 1.18 bits per heavy atom. The second-order valence-corrected chi connectivity index (χ2v) is 6.08. The first-order chi connectivity index (χ1) is 10.6. The predicted molar refractivity (Wildman–Crippen MR) is 78.1 cm³/mol. The van der Waals surface area contributed by atoms with Gasteiger partial charge in [-0.2, -0.15) is 0 Å². The molecule has 112 valence electrons. The van der Waals surface area contributed by atoms with Crippen molar-refractivity contribution in [2.45, 2.75) is 18.9 Å². The van der Waals surface area contributed by atoms with Gasteiger partial charge in [0.05, 0.1) is 17.0 Å². The zero-order valence-electron chi connectivity index (χ0n) is 11.8. The van der Waals surface area contributed by atoms with Crippen LogP contribution in [0.15, 0.2) is 30.7 Å². The Kier molecular flexibility index (Phi) is 2.85. The molecule has 0 unspecified atom stereocenters. The number of hydrogen-bond acceptors (Lipinski definition) is 4. The maximum atomic E-state index is 12.5. The van der Waals surface area contributed by atoms with Crippen molar-refractivity contribution in [1.82, 2.24) is 15.3 Å². The standard InChI is InChI=1S/C16H15N3O3/c20-15(8-1-4-18-13-2-3-17-7-12(8)13)19-14-6-11(16(21)22)9-5-10(9)14/h1-4,7,9-11,14H,5-6H2,(H,19,20)(H,21,22)/t9-,10+,11-,14+/m1/s1. The largest absolute Gasteiger partial charge is 0.481 e. The molecule has 0 spiro atoms. The van der Waals surface area contributed by atoms with Gasteiger partial charge in [0, 0.05) is 30.0 Å². The van der Waals surface area contributed by atoms with Crippen LogP contribution in [-0.2, 0) is 4.79 Å². The zero-order valence-corrected chi connectivity index (χ0v) is 11.8. The van der Waals surface area contributed by atoms with E-state index in [-0.39, 0.29) is 23.8 Å². The second kappa shape index (κ2) is 4.76. The quantitative estimate of drug-likeness (QED) is 0.895. The molecule has 1 amide bonds. The summed E-state index contributed by atoms with van der Waals surface area (Å²) in [5.74, 6) is -0.689. The Bertz CT molecular complexity index is 771. The molecular weight excluding hydrogens is 282 g/mol. The third kappa shape index (κ3) is 2.03. The summed E-state index contributed by atoms with van der Waals surface area (Å²) in [4.78, 5) is 32.0. The highest BCUT2D eigenvalue weighted by atomic mass is 16.4. The third-order valence-electron chi connectivity index (χ3n) is 4.85. The van der Waals surface area contributed by atoms with Crippen LogP contribution in [0.5, 0.6) is 0 Å². The minimum absolute atomic E-state index is 0.0431. The van der Waals surface area contributed by atoms with Crippen molar-refractivity contribution in [3.8, 4) is 0 Å². The molecule has 2 aliphatic carbocycles. The van der Waals surface area contributed by atoms with Crippen LogP contribution in [0, 0.1) is 17.8 Å². The topological polar surface area (TPSA) is 92.2 Å². The molecule has 0 aromatic carbocycles. The first-order valence-electron chi connectivity index (χ1n) is 7.37. The van der Waals surface area contributed by atoms with E-state index in [1.807, 2.05) is 0 Å². The van der Waals surface area contributed by atoms with E-state index in [9.17, 15) is 14.7 Å². The van der Waals surface area contributed by atoms with Crippen LogP contribution < -0.4 is 5.32 Å². The van der Waals surface area contributed by atoms with Gasteiger partial charge >= 0.3 is 5.97 Å². The van der Waals surface area contributed by atoms with Gasteiger partial charge in [-0.15, -0.1) is 0 Å². The number of aliphatic carboxylic acids is 1. The van der Waals surface area contributed by atoms with Gasteiger partial charge in [0.15, 0.2) is 0 Å². The van der Waals surface area contributed by atoms with E-state index in [2.05, 4.69) is 15.3 Å². The molecule has 2 aromatic rings. The van der Waals surface area contributed by atoms with Crippen molar-refractivity contribution in [3.05, 3.63) is 36.3 Å². The van der Waals surface area contributed by atoms with Gasteiger partial charge in [-0.1, -0.05) is 0 Å². The molecule has 2 aliphatic rings. The molecule has 2 aromatic heterocycles. The highest BCUT2D eigenvalue weighted by molar-refractivity contribution is 6.05. The maximum absolute atomic E-state index is 12.5. The summed E-state index contributed by atoms with van der Waals surface area (Å²) >= 11 is 0. The van der Waals surface area contributed by atoms with Gasteiger partial charge in [-0.25, -0.2) is 0 Å². The van der Waals surface area contributed by atoms with Crippen LogP contribution in [0.3, 0.4) is 0 Å². The SMILES string of the molecule is O=C(N[C@H]1C[C@@H](C(=O)O)[C@@H]2C[C@@H]21)c1ccnc2ccncc12. The Labute approximate surface area is 126 Å². The van der Waals surface area contributed by atoms with Crippen LogP contribution in [0.25, 0.3) is 10.9 Å². The van der Waals surface area contributed by atoms with Gasteiger partial charge < -0.3 is 10.4 Å². The lowest BCUT2D eigenvalue weighted by Gasteiger charge is -2.16. The highest BCUT2D eigenvalue weighted by Crippen LogP contribution is 2.55. The second-order valence-electron chi connectivity index (χ2n) is 6.08. The Balaban J connectivity index is 1.57. The van der Waals surface area contributed by atoms with E-state index < -0.39 is 5.97 Å². The molecule has 0 saturated heterocycles. The molecule has 22 heavy (non-hydrogen) atoms. The lowest BCUT2D eigenvalue weighted by atomic mass is 10.0. The summed E-state index contributed by atoms with van der Waals surface area (Å²) in [5, 5.41) is 12.9. The van der Waals surface area contributed by atoms with E-state index >= 15 is 0 Å². The lowest BCUT2D eigenvalue weighted by molar-refractivity contribution is -0.142. The summed E-state index contributed by atoms with van der Waals surface area (Å²) < 4.78 is 0. The van der Waals surface area contributed by atoms with Crippen molar-refractivity contribution < 1.29 is 14.7 Å². The number of nitrogens with zero attached hydrogens (tertiary/aromatic N) is 2. The Morgan fingerprint density at radius 2 is 2.05 bits per heavy atom. The first kappa shape index (κ1) is 13.2. The van der Waals surface area contributed by atoms with Crippen LogP contribution >= 0.6 is 0 Å². The summed E-state index contributed by atoms with van der Waals surface area (Å²) in [5.41, 5.74) is 1.26. The number of carbonyl (C=O) groups is 2.